The van der Waals surface area contributed by atoms with Crippen LogP contribution in [0.5, 0.6) is 0 Å². The molecule has 1 aromatic heterocycles. The zero-order chi connectivity index (χ0) is 14.1. The normalized spacial score (nSPS) is 9.89. The van der Waals surface area contributed by atoms with Crippen molar-refractivity contribution in [1.29, 1.82) is 0 Å². The third-order valence-electron chi connectivity index (χ3n) is 2.49. The number of hydrogen-bond donors (Lipinski definition) is 2. The Balaban J connectivity index is 2.71. The van der Waals surface area contributed by atoms with E-state index >= 15 is 0 Å². The zero-order valence-electron chi connectivity index (χ0n) is 11.4. The van der Waals surface area contributed by atoms with Crippen LogP contribution in [0.2, 0.25) is 0 Å². The van der Waals surface area contributed by atoms with E-state index in [1.807, 2.05) is 0 Å². The molecule has 1 amide bonds. The Morgan fingerprint density at radius 3 is 3.00 bits per heavy atom. The first-order valence-electron chi connectivity index (χ1n) is 6.48. The van der Waals surface area contributed by atoms with E-state index in [9.17, 15) is 4.79 Å². The zero-order valence-corrected chi connectivity index (χ0v) is 11.4. The summed E-state index contributed by atoms with van der Waals surface area (Å²) >= 11 is 0. The molecule has 0 aliphatic carbocycles. The van der Waals surface area contributed by atoms with E-state index in [4.69, 9.17) is 5.11 Å². The molecule has 0 fully saturated rings. The topological polar surface area (TPSA) is 62.2 Å². The van der Waals surface area contributed by atoms with E-state index in [0.717, 1.165) is 6.42 Å². The van der Waals surface area contributed by atoms with E-state index in [1.54, 1.807) is 18.3 Å². The molecule has 0 bridgehead atoms. The van der Waals surface area contributed by atoms with E-state index in [0.29, 0.717) is 30.1 Å². The van der Waals surface area contributed by atoms with Gasteiger partial charge in [-0.1, -0.05) is 25.7 Å². The van der Waals surface area contributed by atoms with Gasteiger partial charge in [-0.25, -0.2) is 4.98 Å². The molecular formula is C15H20N2O2. The van der Waals surface area contributed by atoms with Crippen LogP contribution >= 0.6 is 0 Å². The third-order valence-corrected chi connectivity index (χ3v) is 2.49. The molecule has 1 heterocycles. The highest BCUT2D eigenvalue weighted by molar-refractivity contribution is 5.94. The average molecular weight is 260 g/mol. The second kappa shape index (κ2) is 8.28. The van der Waals surface area contributed by atoms with Crippen LogP contribution < -0.4 is 5.32 Å². The van der Waals surface area contributed by atoms with E-state index in [2.05, 4.69) is 36.0 Å². The number of rotatable bonds is 5. The first kappa shape index (κ1) is 15.2. The second-order valence-electron chi connectivity index (χ2n) is 4.61. The van der Waals surface area contributed by atoms with Gasteiger partial charge in [-0.3, -0.25) is 4.79 Å². The monoisotopic (exact) mass is 260 g/mol. The van der Waals surface area contributed by atoms with Crippen molar-refractivity contribution >= 4 is 5.91 Å². The molecule has 2 N–H and O–H groups in total. The van der Waals surface area contributed by atoms with Gasteiger partial charge in [0.2, 0.25) is 0 Å². The van der Waals surface area contributed by atoms with Crippen LogP contribution in [0.1, 0.15) is 42.7 Å². The van der Waals surface area contributed by atoms with Crippen molar-refractivity contribution in [1.82, 2.24) is 10.3 Å². The number of aromatic nitrogens is 1. The highest BCUT2D eigenvalue weighted by atomic mass is 16.2. The summed E-state index contributed by atoms with van der Waals surface area (Å²) in [5, 5.41) is 11.5. The lowest BCUT2D eigenvalue weighted by Crippen LogP contribution is -2.27. The molecule has 102 valence electrons. The number of pyridine rings is 1. The van der Waals surface area contributed by atoms with Crippen molar-refractivity contribution in [2.75, 3.05) is 13.2 Å². The van der Waals surface area contributed by atoms with Crippen molar-refractivity contribution in [3.05, 3.63) is 29.6 Å². The van der Waals surface area contributed by atoms with Gasteiger partial charge in [-0.15, -0.1) is 0 Å². The molecule has 0 atom stereocenters. The minimum absolute atomic E-state index is 0.0170. The lowest BCUT2D eigenvalue weighted by molar-refractivity contribution is 0.0947. The minimum atomic E-state index is -0.199. The number of aliphatic hydroxyl groups is 1. The minimum Gasteiger partial charge on any atom is -0.395 e. The van der Waals surface area contributed by atoms with Gasteiger partial charge in [-0.2, -0.15) is 0 Å². The van der Waals surface area contributed by atoms with Gasteiger partial charge in [0.15, 0.2) is 0 Å². The van der Waals surface area contributed by atoms with Gasteiger partial charge in [0, 0.05) is 19.2 Å². The summed E-state index contributed by atoms with van der Waals surface area (Å²) in [6, 6.07) is 3.50. The Morgan fingerprint density at radius 1 is 1.53 bits per heavy atom. The van der Waals surface area contributed by atoms with Gasteiger partial charge in [-0.05, 0) is 24.5 Å². The number of nitrogens with one attached hydrogen (secondary N) is 1. The summed E-state index contributed by atoms with van der Waals surface area (Å²) in [7, 11) is 0. The maximum atomic E-state index is 12.0. The predicted molar refractivity (Wildman–Crippen MR) is 74.6 cm³/mol. The number of nitrogens with zero attached hydrogens (tertiary/aromatic N) is 1. The third kappa shape index (κ3) is 5.54. The van der Waals surface area contributed by atoms with Crippen LogP contribution in [-0.4, -0.2) is 29.1 Å². The molecule has 0 saturated carbocycles. The molecule has 1 aromatic rings. The van der Waals surface area contributed by atoms with Crippen LogP contribution in [0.15, 0.2) is 18.3 Å². The largest absolute Gasteiger partial charge is 0.395 e. The fourth-order valence-electron chi connectivity index (χ4n) is 1.46. The second-order valence-corrected chi connectivity index (χ2v) is 4.61. The van der Waals surface area contributed by atoms with Crippen molar-refractivity contribution in [3.63, 3.8) is 0 Å². The summed E-state index contributed by atoms with van der Waals surface area (Å²) < 4.78 is 0. The Hall–Kier alpha value is -1.86. The van der Waals surface area contributed by atoms with Gasteiger partial charge in [0.1, 0.15) is 5.69 Å². The van der Waals surface area contributed by atoms with E-state index < -0.39 is 0 Å². The number of carbonyl (C=O) groups excluding carboxylic acids is 1. The van der Waals surface area contributed by atoms with Crippen molar-refractivity contribution in [2.24, 2.45) is 5.92 Å². The molecule has 0 radical (unpaired) electrons. The molecule has 0 aromatic carbocycles. The quantitative estimate of drug-likeness (QED) is 0.790. The molecule has 0 aliphatic rings. The highest BCUT2D eigenvalue weighted by Crippen LogP contribution is 2.04. The standard InChI is InChI=1S/C15H20N2O2/c1-12(2)8-10-17-15(19)14-13(6-3-4-11-18)7-5-9-16-14/h5,7,9,12,18H,4,8,10-11H2,1-2H3,(H,17,19). The SMILES string of the molecule is CC(C)CCNC(=O)c1ncccc1C#CCCO. The summed E-state index contributed by atoms with van der Waals surface area (Å²) in [6.45, 7) is 4.87. The number of amides is 1. The van der Waals surface area contributed by atoms with Crippen LogP contribution in [0.4, 0.5) is 0 Å². The van der Waals surface area contributed by atoms with Crippen LogP contribution in [0.3, 0.4) is 0 Å². The molecule has 0 spiro atoms. The molecule has 1 rings (SSSR count). The van der Waals surface area contributed by atoms with Gasteiger partial charge >= 0.3 is 0 Å². The highest BCUT2D eigenvalue weighted by Gasteiger charge is 2.10. The molecule has 4 nitrogen and oxygen atoms in total. The van der Waals surface area contributed by atoms with Crippen molar-refractivity contribution in [2.45, 2.75) is 26.7 Å². The van der Waals surface area contributed by atoms with Crippen LogP contribution in [0.25, 0.3) is 0 Å². The number of carbonyl (C=O) groups is 1. The van der Waals surface area contributed by atoms with Crippen molar-refractivity contribution < 1.29 is 9.90 Å². The predicted octanol–water partition coefficient (Wildman–Crippen LogP) is 1.59. The average Bonchev–Trinajstić information content (AvgIpc) is 2.39. The fraction of sp³-hybridized carbons (Fsp3) is 0.467. The van der Waals surface area contributed by atoms with Crippen LogP contribution in [0, 0.1) is 17.8 Å². The lowest BCUT2D eigenvalue weighted by Gasteiger charge is -2.07. The molecular weight excluding hydrogens is 240 g/mol. The molecule has 0 aliphatic heterocycles. The van der Waals surface area contributed by atoms with E-state index in [-0.39, 0.29) is 12.5 Å². The smallest absolute Gasteiger partial charge is 0.271 e. The van der Waals surface area contributed by atoms with Crippen molar-refractivity contribution in [3.8, 4) is 11.8 Å². The molecule has 4 heteroatoms. The Bertz CT molecular complexity index is 473. The number of aliphatic hydroxyl groups excluding tert-OH is 1. The van der Waals surface area contributed by atoms with E-state index in [1.165, 1.54) is 0 Å². The maximum Gasteiger partial charge on any atom is 0.271 e. The summed E-state index contributed by atoms with van der Waals surface area (Å²) in [5.74, 6) is 6.01. The van der Waals surface area contributed by atoms with Gasteiger partial charge in [0.05, 0.1) is 12.2 Å². The number of hydrogen-bond acceptors (Lipinski definition) is 3. The molecule has 0 saturated heterocycles. The van der Waals surface area contributed by atoms with Crippen LogP contribution in [-0.2, 0) is 0 Å². The van der Waals surface area contributed by atoms with Gasteiger partial charge in [0.25, 0.3) is 5.91 Å². The first-order valence-corrected chi connectivity index (χ1v) is 6.48. The summed E-state index contributed by atoms with van der Waals surface area (Å²) in [6.07, 6.45) is 2.90. The first-order chi connectivity index (χ1) is 9.15. The maximum absolute atomic E-state index is 12.0. The fourth-order valence-corrected chi connectivity index (χ4v) is 1.46. The Kier molecular flexibility index (Phi) is 6.62. The lowest BCUT2D eigenvalue weighted by atomic mass is 10.1. The molecule has 19 heavy (non-hydrogen) atoms. The Labute approximate surface area is 114 Å². The molecule has 0 unspecified atom stereocenters. The van der Waals surface area contributed by atoms with Gasteiger partial charge < -0.3 is 10.4 Å². The summed E-state index contributed by atoms with van der Waals surface area (Å²) in [5.41, 5.74) is 0.940. The summed E-state index contributed by atoms with van der Waals surface area (Å²) in [4.78, 5) is 16.1. The Morgan fingerprint density at radius 2 is 2.32 bits per heavy atom.